The Bertz CT molecular complexity index is 4140. The number of benzene rings is 9. The first-order valence-corrected chi connectivity index (χ1v) is 26.0. The van der Waals surface area contributed by atoms with Gasteiger partial charge in [-0.1, -0.05) is 176 Å². The van der Waals surface area contributed by atoms with Gasteiger partial charge in [-0.15, -0.1) is 0 Å². The van der Waals surface area contributed by atoms with Gasteiger partial charge in [-0.2, -0.15) is 5.10 Å². The van der Waals surface area contributed by atoms with E-state index in [2.05, 4.69) is 274 Å². The second-order valence-electron chi connectivity index (χ2n) is 22.5. The van der Waals surface area contributed by atoms with Crippen LogP contribution in [0.2, 0.25) is 0 Å². The number of anilines is 4. The summed E-state index contributed by atoms with van der Waals surface area (Å²) in [6.07, 6.45) is 2.12. The second kappa shape index (κ2) is 15.9. The fourth-order valence-electron chi connectivity index (χ4n) is 12.3. The highest BCUT2D eigenvalue weighted by Gasteiger charge is 2.47. The van der Waals surface area contributed by atoms with Crippen LogP contribution in [-0.4, -0.2) is 20.8 Å². The molecule has 0 spiro atoms. The molecule has 14 rings (SSSR count). The third-order valence-corrected chi connectivity index (χ3v) is 16.9. The topological polar surface area (TPSA) is 37.9 Å². The summed E-state index contributed by atoms with van der Waals surface area (Å²) in [4.78, 5) is 4.94. The van der Waals surface area contributed by atoms with E-state index in [-0.39, 0.29) is 16.2 Å². The first-order chi connectivity index (χ1) is 35.8. The van der Waals surface area contributed by atoms with Gasteiger partial charge < -0.3 is 19.1 Å². The first kappa shape index (κ1) is 44.1. The molecule has 0 unspecified atom stereocenters. The van der Waals surface area contributed by atoms with Crippen LogP contribution in [-0.2, 0) is 16.2 Å². The normalized spacial score (nSPS) is 14.8. The molecule has 9 aromatic carbocycles. The van der Waals surface area contributed by atoms with Gasteiger partial charge in [-0.3, -0.25) is 0 Å². The summed E-state index contributed by atoms with van der Waals surface area (Å²) < 4.78 is 11.8. The summed E-state index contributed by atoms with van der Waals surface area (Å²) in [6, 6.07) is 73.0. The molecule has 6 nitrogen and oxygen atoms in total. The molecule has 0 radical (unpaired) electrons. The Balaban J connectivity index is 0.918. The van der Waals surface area contributed by atoms with E-state index in [1.807, 2.05) is 0 Å². The number of para-hydroxylation sites is 5. The van der Waals surface area contributed by atoms with Crippen molar-refractivity contribution in [2.75, 3.05) is 16.5 Å². The Labute approximate surface area is 432 Å². The zero-order chi connectivity index (χ0) is 50.3. The lowest BCUT2D eigenvalue weighted by atomic mass is 9.57. The second-order valence-corrected chi connectivity index (χ2v) is 22.5. The van der Waals surface area contributed by atoms with Gasteiger partial charge in [0.1, 0.15) is 18.2 Å². The standard InChI is InChI=1S/C68H57N5O/c1-66(2,3)45-35-46(70-42-71(61-32-19-18-31-60(61)70)64-50(43-21-10-8-11-22-43)27-20-28-51(64)44-23-12-9-13-24-44)37-49(36-45)74-48-33-34-54-55-38-47(72-58-29-16-14-25-52(58)53-26-15-17-30-59(53)72)39-56-63(55)65-57(68(6,7)67(56,4)5)41-69-73(65)62(54)40-48/h8-41H,42H2,1-7H3. The number of rotatable bonds is 7. The molecule has 4 heterocycles. The highest BCUT2D eigenvalue weighted by Crippen LogP contribution is 2.55. The summed E-state index contributed by atoms with van der Waals surface area (Å²) in [5.41, 5.74) is 18.3. The minimum absolute atomic E-state index is 0.159. The van der Waals surface area contributed by atoms with E-state index >= 15 is 0 Å². The van der Waals surface area contributed by atoms with Crippen molar-refractivity contribution >= 4 is 71.7 Å². The number of aromatic nitrogens is 3. The Hall–Kier alpha value is -8.61. The number of pyridine rings is 1. The van der Waals surface area contributed by atoms with Crippen molar-refractivity contribution in [3.63, 3.8) is 0 Å². The van der Waals surface area contributed by atoms with Crippen LogP contribution in [0.5, 0.6) is 11.5 Å². The van der Waals surface area contributed by atoms with Crippen molar-refractivity contribution in [1.29, 1.82) is 0 Å². The van der Waals surface area contributed by atoms with Gasteiger partial charge in [0.2, 0.25) is 0 Å². The van der Waals surface area contributed by atoms with E-state index < -0.39 is 0 Å². The van der Waals surface area contributed by atoms with E-state index in [4.69, 9.17) is 9.84 Å². The lowest BCUT2D eigenvalue weighted by Crippen LogP contribution is -2.42. The van der Waals surface area contributed by atoms with Gasteiger partial charge in [0.05, 0.1) is 45.3 Å². The third kappa shape index (κ3) is 6.46. The van der Waals surface area contributed by atoms with Gasteiger partial charge in [0.15, 0.2) is 0 Å². The molecule has 0 amide bonds. The molecule has 0 fully saturated rings. The summed E-state index contributed by atoms with van der Waals surface area (Å²) >= 11 is 0. The first-order valence-electron chi connectivity index (χ1n) is 26.0. The van der Waals surface area contributed by atoms with Crippen LogP contribution < -0.4 is 14.5 Å². The van der Waals surface area contributed by atoms with Crippen LogP contribution in [0.25, 0.3) is 76.9 Å². The van der Waals surface area contributed by atoms with Crippen LogP contribution >= 0.6 is 0 Å². The summed E-state index contributed by atoms with van der Waals surface area (Å²) in [6.45, 7) is 17.1. The average Bonchev–Trinajstić information content (AvgIpc) is 4.15. The maximum absolute atomic E-state index is 7.15. The molecule has 2 aliphatic rings. The SMILES string of the molecule is CC(C)(C)c1cc(Oc2ccc3c4cc(-n5c6ccccc6c6ccccc65)cc5c4c4c(cnn4c3c2)C(C)(C)C5(C)C)cc(N2CN(c3c(-c4ccccc4)cccc3-c3ccccc3)c3ccccc32)c1. The predicted molar refractivity (Wildman–Crippen MR) is 309 cm³/mol. The lowest BCUT2D eigenvalue weighted by molar-refractivity contribution is 0.304. The molecule has 0 saturated heterocycles. The van der Waals surface area contributed by atoms with Crippen LogP contribution in [0.1, 0.15) is 65.2 Å². The fourth-order valence-corrected chi connectivity index (χ4v) is 12.3. The molecule has 0 N–H and O–H groups in total. The Morgan fingerprint density at radius 3 is 1.70 bits per heavy atom. The summed E-state index contributed by atoms with van der Waals surface area (Å²) in [5.74, 6) is 1.55. The van der Waals surface area contributed by atoms with Gasteiger partial charge in [0.25, 0.3) is 0 Å². The van der Waals surface area contributed by atoms with Gasteiger partial charge in [-0.25, -0.2) is 4.52 Å². The van der Waals surface area contributed by atoms with Crippen LogP contribution in [0.15, 0.2) is 206 Å². The summed E-state index contributed by atoms with van der Waals surface area (Å²) in [5, 5.41) is 11.4. The van der Waals surface area contributed by atoms with E-state index in [0.717, 1.165) is 45.2 Å². The number of nitrogens with zero attached hydrogens (tertiary/aromatic N) is 5. The molecule has 6 heteroatoms. The predicted octanol–water partition coefficient (Wildman–Crippen LogP) is 18.0. The molecule has 0 saturated carbocycles. The maximum Gasteiger partial charge on any atom is 0.129 e. The minimum atomic E-state index is -0.212. The average molecular weight is 960 g/mol. The van der Waals surface area contributed by atoms with Crippen LogP contribution in [0, 0.1) is 0 Å². The van der Waals surface area contributed by atoms with Gasteiger partial charge in [0, 0.05) is 67.2 Å². The largest absolute Gasteiger partial charge is 0.457 e. The Morgan fingerprint density at radius 2 is 1.05 bits per heavy atom. The quantitative estimate of drug-likeness (QED) is 0.149. The molecular weight excluding hydrogens is 903 g/mol. The van der Waals surface area contributed by atoms with Crippen molar-refractivity contribution in [3.8, 4) is 39.4 Å². The van der Waals surface area contributed by atoms with Gasteiger partial charge >= 0.3 is 0 Å². The molecule has 12 aromatic rings. The fraction of sp³-hybridized carbons (Fsp3) is 0.162. The molecule has 1 aliphatic heterocycles. The van der Waals surface area contributed by atoms with E-state index in [1.54, 1.807) is 0 Å². The molecule has 3 aromatic heterocycles. The smallest absolute Gasteiger partial charge is 0.129 e. The van der Waals surface area contributed by atoms with E-state index in [1.165, 1.54) is 82.7 Å². The van der Waals surface area contributed by atoms with E-state index in [9.17, 15) is 0 Å². The molecule has 74 heavy (non-hydrogen) atoms. The van der Waals surface area contributed by atoms with E-state index in [0.29, 0.717) is 6.67 Å². The number of hydrogen-bond donors (Lipinski definition) is 0. The number of fused-ring (bicyclic) bond motifs is 7. The monoisotopic (exact) mass is 959 g/mol. The molecule has 0 bridgehead atoms. The minimum Gasteiger partial charge on any atom is -0.457 e. The molecule has 360 valence electrons. The molecule has 0 atom stereocenters. The van der Waals surface area contributed by atoms with Crippen LogP contribution in [0.4, 0.5) is 22.7 Å². The summed E-state index contributed by atoms with van der Waals surface area (Å²) in [7, 11) is 0. The zero-order valence-corrected chi connectivity index (χ0v) is 43.0. The highest BCUT2D eigenvalue weighted by atomic mass is 16.5. The van der Waals surface area contributed by atoms with Crippen molar-refractivity contribution in [3.05, 3.63) is 223 Å². The lowest BCUT2D eigenvalue weighted by Gasteiger charge is -2.45. The highest BCUT2D eigenvalue weighted by molar-refractivity contribution is 6.17. The van der Waals surface area contributed by atoms with Crippen LogP contribution in [0.3, 0.4) is 0 Å². The molecule has 1 aliphatic carbocycles. The van der Waals surface area contributed by atoms with Crippen molar-refractivity contribution in [2.24, 2.45) is 0 Å². The van der Waals surface area contributed by atoms with Gasteiger partial charge in [-0.05, 0) is 99.1 Å². The Morgan fingerprint density at radius 1 is 0.473 bits per heavy atom. The Kier molecular flexibility index (Phi) is 9.51. The maximum atomic E-state index is 7.15. The van der Waals surface area contributed by atoms with Crippen molar-refractivity contribution in [2.45, 2.75) is 64.7 Å². The number of ether oxygens (including phenoxy) is 1. The van der Waals surface area contributed by atoms with Crippen molar-refractivity contribution in [1.82, 2.24) is 14.2 Å². The van der Waals surface area contributed by atoms with Crippen molar-refractivity contribution < 1.29 is 4.74 Å². The number of hydrogen-bond acceptors (Lipinski definition) is 4. The third-order valence-electron chi connectivity index (χ3n) is 16.9. The zero-order valence-electron chi connectivity index (χ0n) is 43.0. The molecular formula is C68H57N5O.